The maximum absolute atomic E-state index is 11.1. The molecule has 0 spiro atoms. The van der Waals surface area contributed by atoms with Gasteiger partial charge in [-0.05, 0) is 25.0 Å². The lowest BCUT2D eigenvalue weighted by Gasteiger charge is -2.32. The Balaban J connectivity index is 1.97. The first kappa shape index (κ1) is 14.8. The van der Waals surface area contributed by atoms with Crippen molar-refractivity contribution in [1.29, 1.82) is 0 Å². The van der Waals surface area contributed by atoms with Gasteiger partial charge in [-0.15, -0.1) is 0 Å². The van der Waals surface area contributed by atoms with Gasteiger partial charge in [0.05, 0.1) is 11.4 Å². The van der Waals surface area contributed by atoms with Crippen LogP contribution in [0.4, 0.5) is 5.82 Å². The molecule has 0 unspecified atom stereocenters. The third-order valence-corrected chi connectivity index (χ3v) is 4.26. The standard InChI is InChI=1S/C17H21N3O2/c1-11(2)15-18-14-6-4-3-5-13(14)16(19-15)20-9-7-12(8-10-20)17(21)22/h3-6,11-12H,7-10H2,1-2H3,(H,21,22). The summed E-state index contributed by atoms with van der Waals surface area (Å²) in [5, 5.41) is 10.2. The number of hydrogen-bond donors (Lipinski definition) is 1. The van der Waals surface area contributed by atoms with Gasteiger partial charge in [-0.25, -0.2) is 9.97 Å². The average molecular weight is 299 g/mol. The zero-order valence-corrected chi connectivity index (χ0v) is 13.0. The maximum atomic E-state index is 11.1. The van der Waals surface area contributed by atoms with E-state index in [2.05, 4.69) is 23.7 Å². The van der Waals surface area contributed by atoms with E-state index in [1.165, 1.54) is 0 Å². The molecule has 1 aliphatic heterocycles. The zero-order chi connectivity index (χ0) is 15.7. The lowest BCUT2D eigenvalue weighted by Crippen LogP contribution is -2.37. The lowest BCUT2D eigenvalue weighted by molar-refractivity contribution is -0.142. The van der Waals surface area contributed by atoms with Gasteiger partial charge in [0.25, 0.3) is 0 Å². The highest BCUT2D eigenvalue weighted by Crippen LogP contribution is 2.29. The molecule has 5 heteroatoms. The molecule has 0 radical (unpaired) electrons. The highest BCUT2D eigenvalue weighted by atomic mass is 16.4. The molecule has 0 aliphatic carbocycles. The number of carboxylic acid groups (broad SMARTS) is 1. The van der Waals surface area contributed by atoms with E-state index in [1.807, 2.05) is 24.3 Å². The third kappa shape index (κ3) is 2.75. The van der Waals surface area contributed by atoms with Crippen molar-refractivity contribution in [2.75, 3.05) is 18.0 Å². The maximum Gasteiger partial charge on any atom is 0.306 e. The topological polar surface area (TPSA) is 66.3 Å². The summed E-state index contributed by atoms with van der Waals surface area (Å²) in [5.74, 6) is 1.14. The Morgan fingerprint density at radius 3 is 2.55 bits per heavy atom. The molecule has 0 saturated carbocycles. The summed E-state index contributed by atoms with van der Waals surface area (Å²) in [6.45, 7) is 5.64. The van der Waals surface area contributed by atoms with E-state index in [4.69, 9.17) is 10.1 Å². The van der Waals surface area contributed by atoms with Gasteiger partial charge in [0.1, 0.15) is 11.6 Å². The van der Waals surface area contributed by atoms with Crippen molar-refractivity contribution >= 4 is 22.7 Å². The van der Waals surface area contributed by atoms with Crippen molar-refractivity contribution in [3.05, 3.63) is 30.1 Å². The van der Waals surface area contributed by atoms with Crippen LogP contribution in [0, 0.1) is 5.92 Å². The Labute approximate surface area is 130 Å². The minimum Gasteiger partial charge on any atom is -0.481 e. The van der Waals surface area contributed by atoms with Gasteiger partial charge >= 0.3 is 5.97 Å². The Hall–Kier alpha value is -2.17. The van der Waals surface area contributed by atoms with Gasteiger partial charge in [0.15, 0.2) is 0 Å². The third-order valence-electron chi connectivity index (χ3n) is 4.26. The number of para-hydroxylation sites is 1. The number of aliphatic carboxylic acids is 1. The van der Waals surface area contributed by atoms with Crippen molar-refractivity contribution in [1.82, 2.24) is 9.97 Å². The van der Waals surface area contributed by atoms with Crippen molar-refractivity contribution < 1.29 is 9.90 Å². The van der Waals surface area contributed by atoms with Crippen LogP contribution in [0.2, 0.25) is 0 Å². The molecule has 0 atom stereocenters. The SMILES string of the molecule is CC(C)c1nc(N2CCC(C(=O)O)CC2)c2ccccc2n1. The summed E-state index contributed by atoms with van der Waals surface area (Å²) in [5.41, 5.74) is 0.955. The molecular weight excluding hydrogens is 278 g/mol. The van der Waals surface area contributed by atoms with Gasteiger partial charge in [-0.1, -0.05) is 26.0 Å². The predicted molar refractivity (Wildman–Crippen MR) is 86.2 cm³/mol. The molecule has 3 rings (SSSR count). The number of piperidine rings is 1. The first-order valence-corrected chi connectivity index (χ1v) is 7.80. The van der Waals surface area contributed by atoms with Gasteiger partial charge in [0.2, 0.25) is 0 Å². The predicted octanol–water partition coefficient (Wildman–Crippen LogP) is 3.05. The molecule has 2 aromatic rings. The summed E-state index contributed by atoms with van der Waals surface area (Å²) in [7, 11) is 0. The molecular formula is C17H21N3O2. The summed E-state index contributed by atoms with van der Waals surface area (Å²) < 4.78 is 0. The number of anilines is 1. The van der Waals surface area contributed by atoms with Crippen LogP contribution < -0.4 is 4.90 Å². The van der Waals surface area contributed by atoms with E-state index in [-0.39, 0.29) is 11.8 Å². The lowest BCUT2D eigenvalue weighted by atomic mass is 9.97. The quantitative estimate of drug-likeness (QED) is 0.943. The van der Waals surface area contributed by atoms with E-state index in [0.717, 1.165) is 35.6 Å². The van der Waals surface area contributed by atoms with Crippen molar-refractivity contribution in [3.63, 3.8) is 0 Å². The van der Waals surface area contributed by atoms with Gasteiger partial charge < -0.3 is 10.0 Å². The summed E-state index contributed by atoms with van der Waals surface area (Å²) in [4.78, 5) is 22.7. The Bertz CT molecular complexity index is 691. The molecule has 2 heterocycles. The van der Waals surface area contributed by atoms with E-state index in [0.29, 0.717) is 12.8 Å². The number of benzene rings is 1. The first-order chi connectivity index (χ1) is 10.6. The largest absolute Gasteiger partial charge is 0.481 e. The zero-order valence-electron chi connectivity index (χ0n) is 13.0. The minimum absolute atomic E-state index is 0.228. The molecule has 1 fully saturated rings. The van der Waals surface area contributed by atoms with Crippen LogP contribution in [-0.2, 0) is 4.79 Å². The molecule has 1 N–H and O–H groups in total. The van der Waals surface area contributed by atoms with E-state index in [1.54, 1.807) is 0 Å². The Morgan fingerprint density at radius 2 is 1.91 bits per heavy atom. The number of carbonyl (C=O) groups is 1. The van der Waals surface area contributed by atoms with Crippen molar-refractivity contribution in [3.8, 4) is 0 Å². The molecule has 22 heavy (non-hydrogen) atoms. The van der Waals surface area contributed by atoms with E-state index >= 15 is 0 Å². The summed E-state index contributed by atoms with van der Waals surface area (Å²) in [6, 6.07) is 8.03. The second kappa shape index (κ2) is 5.91. The van der Waals surface area contributed by atoms with Crippen LogP contribution in [0.25, 0.3) is 10.9 Å². The van der Waals surface area contributed by atoms with Crippen LogP contribution >= 0.6 is 0 Å². The fourth-order valence-electron chi connectivity index (χ4n) is 2.91. The van der Waals surface area contributed by atoms with Gasteiger partial charge in [-0.3, -0.25) is 4.79 Å². The summed E-state index contributed by atoms with van der Waals surface area (Å²) in [6.07, 6.45) is 1.34. The fourth-order valence-corrected chi connectivity index (χ4v) is 2.91. The van der Waals surface area contributed by atoms with E-state index < -0.39 is 5.97 Å². The molecule has 0 amide bonds. The van der Waals surface area contributed by atoms with Gasteiger partial charge in [0, 0.05) is 24.4 Å². The van der Waals surface area contributed by atoms with Crippen LogP contribution in [0.5, 0.6) is 0 Å². The fraction of sp³-hybridized carbons (Fsp3) is 0.471. The van der Waals surface area contributed by atoms with Gasteiger partial charge in [-0.2, -0.15) is 0 Å². The van der Waals surface area contributed by atoms with Crippen LogP contribution in [0.1, 0.15) is 38.4 Å². The Kier molecular flexibility index (Phi) is 3.96. The molecule has 1 aromatic heterocycles. The van der Waals surface area contributed by atoms with Crippen LogP contribution in [0.3, 0.4) is 0 Å². The second-order valence-corrected chi connectivity index (χ2v) is 6.18. The number of carboxylic acids is 1. The van der Waals surface area contributed by atoms with Crippen LogP contribution in [0.15, 0.2) is 24.3 Å². The van der Waals surface area contributed by atoms with Crippen molar-refractivity contribution in [2.24, 2.45) is 5.92 Å². The van der Waals surface area contributed by atoms with Crippen molar-refractivity contribution in [2.45, 2.75) is 32.6 Å². The molecule has 1 aromatic carbocycles. The number of nitrogens with zero attached hydrogens (tertiary/aromatic N) is 3. The monoisotopic (exact) mass is 299 g/mol. The molecule has 1 aliphatic rings. The molecule has 116 valence electrons. The number of fused-ring (bicyclic) bond motifs is 1. The number of rotatable bonds is 3. The second-order valence-electron chi connectivity index (χ2n) is 6.18. The number of aromatic nitrogens is 2. The highest BCUT2D eigenvalue weighted by Gasteiger charge is 2.26. The van der Waals surface area contributed by atoms with Crippen LogP contribution in [-0.4, -0.2) is 34.1 Å². The smallest absolute Gasteiger partial charge is 0.306 e. The highest BCUT2D eigenvalue weighted by molar-refractivity contribution is 5.89. The Morgan fingerprint density at radius 1 is 1.23 bits per heavy atom. The summed E-state index contributed by atoms with van der Waals surface area (Å²) >= 11 is 0. The first-order valence-electron chi connectivity index (χ1n) is 7.80. The molecule has 0 bridgehead atoms. The van der Waals surface area contributed by atoms with E-state index in [9.17, 15) is 4.79 Å². The minimum atomic E-state index is -0.685. The average Bonchev–Trinajstić information content (AvgIpc) is 2.53. The molecule has 5 nitrogen and oxygen atoms in total. The normalized spacial score (nSPS) is 16.4. The number of hydrogen-bond acceptors (Lipinski definition) is 4. The molecule has 1 saturated heterocycles.